The smallest absolute Gasteiger partial charge is 0.275 e. The summed E-state index contributed by atoms with van der Waals surface area (Å²) in [5.74, 6) is 0.621. The lowest BCUT2D eigenvalue weighted by Crippen LogP contribution is -3.15. The second kappa shape index (κ2) is 8.43. The van der Waals surface area contributed by atoms with Crippen LogP contribution in [0.1, 0.15) is 18.7 Å². The van der Waals surface area contributed by atoms with Crippen LogP contribution in [-0.2, 0) is 14.8 Å². The summed E-state index contributed by atoms with van der Waals surface area (Å²) in [5.41, 5.74) is 0. The third-order valence-electron chi connectivity index (χ3n) is 4.62. The summed E-state index contributed by atoms with van der Waals surface area (Å²) in [6, 6.07) is 9.67. The van der Waals surface area contributed by atoms with Gasteiger partial charge in [0.05, 0.1) is 43.4 Å². The monoisotopic (exact) mass is 412 g/mol. The molecule has 1 amide bonds. The number of hydrogen-bond acceptors (Lipinski definition) is 4. The molecule has 0 unspecified atom stereocenters. The van der Waals surface area contributed by atoms with Crippen molar-refractivity contribution in [3.63, 3.8) is 0 Å². The second-order valence-corrected chi connectivity index (χ2v) is 8.97. The molecule has 27 heavy (non-hydrogen) atoms. The fourth-order valence-corrected chi connectivity index (χ4v) is 4.87. The maximum absolute atomic E-state index is 12.7. The highest BCUT2D eigenvalue weighted by molar-refractivity contribution is 7.89. The minimum atomic E-state index is -3.56. The predicted octanol–water partition coefficient (Wildman–Crippen LogP) is 0.700. The van der Waals surface area contributed by atoms with E-state index in [4.69, 9.17) is 16.0 Å². The van der Waals surface area contributed by atoms with Crippen molar-refractivity contribution in [3.8, 4) is 0 Å². The van der Waals surface area contributed by atoms with E-state index >= 15 is 0 Å². The summed E-state index contributed by atoms with van der Waals surface area (Å²) < 4.78 is 32.2. The zero-order valence-corrected chi connectivity index (χ0v) is 16.6. The van der Waals surface area contributed by atoms with E-state index in [1.54, 1.807) is 30.5 Å². The molecule has 1 fully saturated rings. The van der Waals surface area contributed by atoms with Crippen molar-refractivity contribution in [1.29, 1.82) is 0 Å². The Balaban J connectivity index is 1.52. The Morgan fingerprint density at radius 2 is 2.04 bits per heavy atom. The average molecular weight is 413 g/mol. The van der Waals surface area contributed by atoms with Gasteiger partial charge in [-0.1, -0.05) is 17.7 Å². The molecule has 2 heterocycles. The number of rotatable bonds is 6. The Morgan fingerprint density at radius 1 is 1.30 bits per heavy atom. The van der Waals surface area contributed by atoms with Gasteiger partial charge in [0.25, 0.3) is 5.91 Å². The molecule has 1 aromatic heterocycles. The van der Waals surface area contributed by atoms with E-state index < -0.39 is 10.0 Å². The van der Waals surface area contributed by atoms with Crippen molar-refractivity contribution in [2.45, 2.75) is 17.9 Å². The number of nitrogens with one attached hydrogen (secondary N) is 2. The Labute approximate surface area is 163 Å². The van der Waals surface area contributed by atoms with Gasteiger partial charge in [0.15, 0.2) is 6.54 Å². The summed E-state index contributed by atoms with van der Waals surface area (Å²) in [4.78, 5) is 13.5. The Kier molecular flexibility index (Phi) is 6.21. The second-order valence-electron chi connectivity index (χ2n) is 6.59. The Hall–Kier alpha value is -1.87. The van der Waals surface area contributed by atoms with Crippen LogP contribution < -0.4 is 10.2 Å². The molecule has 146 valence electrons. The number of benzene rings is 1. The molecule has 2 aromatic rings. The van der Waals surface area contributed by atoms with Crippen molar-refractivity contribution in [3.05, 3.63) is 53.4 Å². The standard InChI is InChI=1S/C18H22ClN3O4S/c1-14(17-6-3-11-26-17)20-18(23)13-21-7-9-22(10-8-21)27(24,25)16-5-2-4-15(19)12-16/h2-6,11-12,14H,7-10,13H2,1H3,(H,20,23)/p+1/t14-/m1/s1. The zero-order valence-electron chi connectivity index (χ0n) is 15.0. The molecule has 1 aliphatic rings. The van der Waals surface area contributed by atoms with E-state index in [-0.39, 0.29) is 16.8 Å². The van der Waals surface area contributed by atoms with Gasteiger partial charge >= 0.3 is 0 Å². The van der Waals surface area contributed by atoms with Gasteiger partial charge in [-0.25, -0.2) is 8.42 Å². The maximum atomic E-state index is 12.7. The normalized spacial score (nSPS) is 17.6. The lowest BCUT2D eigenvalue weighted by atomic mass is 10.2. The number of halogens is 1. The van der Waals surface area contributed by atoms with Crippen LogP contribution in [0.25, 0.3) is 0 Å². The number of piperazine rings is 1. The summed E-state index contributed by atoms with van der Waals surface area (Å²) in [6.07, 6.45) is 1.57. The van der Waals surface area contributed by atoms with Crippen molar-refractivity contribution in [1.82, 2.24) is 9.62 Å². The first-order valence-corrected chi connectivity index (χ1v) is 10.6. The van der Waals surface area contributed by atoms with Crippen molar-refractivity contribution >= 4 is 27.5 Å². The predicted molar refractivity (Wildman–Crippen MR) is 101 cm³/mol. The van der Waals surface area contributed by atoms with Crippen molar-refractivity contribution in [2.75, 3.05) is 32.7 Å². The van der Waals surface area contributed by atoms with E-state index in [0.717, 1.165) is 4.90 Å². The van der Waals surface area contributed by atoms with E-state index in [1.165, 1.54) is 10.4 Å². The van der Waals surface area contributed by atoms with Gasteiger partial charge in [-0.2, -0.15) is 4.31 Å². The number of furan rings is 1. The quantitative estimate of drug-likeness (QED) is 0.731. The van der Waals surface area contributed by atoms with E-state index in [0.29, 0.717) is 43.5 Å². The van der Waals surface area contributed by atoms with Gasteiger partial charge in [0.1, 0.15) is 5.76 Å². The van der Waals surface area contributed by atoms with Crippen LogP contribution in [-0.4, -0.2) is 51.4 Å². The number of sulfonamides is 1. The van der Waals surface area contributed by atoms with E-state index in [2.05, 4.69) is 5.32 Å². The molecule has 1 aromatic carbocycles. The number of quaternary nitrogens is 1. The van der Waals surface area contributed by atoms with Crippen LogP contribution >= 0.6 is 11.6 Å². The van der Waals surface area contributed by atoms with E-state index in [1.807, 2.05) is 13.0 Å². The fourth-order valence-electron chi connectivity index (χ4n) is 3.12. The van der Waals surface area contributed by atoms with Crippen molar-refractivity contribution < 1.29 is 22.5 Å². The van der Waals surface area contributed by atoms with Crippen LogP contribution in [0, 0.1) is 0 Å². The highest BCUT2D eigenvalue weighted by Crippen LogP contribution is 2.19. The Bertz CT molecular complexity index is 878. The van der Waals surface area contributed by atoms with Gasteiger partial charge in [-0.05, 0) is 37.3 Å². The minimum absolute atomic E-state index is 0.0833. The van der Waals surface area contributed by atoms with Crippen LogP contribution in [0.3, 0.4) is 0 Å². The van der Waals surface area contributed by atoms with Gasteiger partial charge in [0.2, 0.25) is 10.0 Å². The minimum Gasteiger partial charge on any atom is -0.467 e. The largest absolute Gasteiger partial charge is 0.467 e. The molecule has 0 radical (unpaired) electrons. The van der Waals surface area contributed by atoms with Gasteiger partial charge in [0, 0.05) is 5.02 Å². The number of hydrogen-bond donors (Lipinski definition) is 2. The van der Waals surface area contributed by atoms with Gasteiger partial charge in [-0.3, -0.25) is 4.79 Å². The first-order chi connectivity index (χ1) is 12.9. The third-order valence-corrected chi connectivity index (χ3v) is 6.75. The molecule has 3 rings (SSSR count). The summed E-state index contributed by atoms with van der Waals surface area (Å²) in [7, 11) is -3.56. The summed E-state index contributed by atoms with van der Waals surface area (Å²) in [5, 5.41) is 3.29. The molecule has 0 spiro atoms. The highest BCUT2D eigenvalue weighted by Gasteiger charge is 2.31. The molecular weight excluding hydrogens is 390 g/mol. The fraction of sp³-hybridized carbons (Fsp3) is 0.389. The van der Waals surface area contributed by atoms with Crippen LogP contribution in [0.5, 0.6) is 0 Å². The topological polar surface area (TPSA) is 84.1 Å². The molecule has 1 aliphatic heterocycles. The number of amides is 1. The summed E-state index contributed by atoms with van der Waals surface area (Å²) in [6.45, 7) is 4.04. The Morgan fingerprint density at radius 3 is 2.67 bits per heavy atom. The number of carbonyl (C=O) groups is 1. The first kappa shape index (κ1) is 19.9. The van der Waals surface area contributed by atoms with Crippen molar-refractivity contribution in [2.24, 2.45) is 0 Å². The number of nitrogens with zero attached hydrogens (tertiary/aromatic N) is 1. The zero-order chi connectivity index (χ0) is 19.4. The third kappa shape index (κ3) is 4.90. The molecule has 0 bridgehead atoms. The molecule has 2 N–H and O–H groups in total. The summed E-state index contributed by atoms with van der Waals surface area (Å²) >= 11 is 5.91. The molecule has 0 saturated carbocycles. The maximum Gasteiger partial charge on any atom is 0.275 e. The molecular formula is C18H23ClN3O4S+. The molecule has 1 atom stereocenters. The first-order valence-electron chi connectivity index (χ1n) is 8.78. The lowest BCUT2D eigenvalue weighted by molar-refractivity contribution is -0.895. The van der Waals surface area contributed by atoms with Crippen LogP contribution in [0.15, 0.2) is 52.0 Å². The molecule has 7 nitrogen and oxygen atoms in total. The molecule has 1 saturated heterocycles. The molecule has 9 heteroatoms. The highest BCUT2D eigenvalue weighted by atomic mass is 35.5. The SMILES string of the molecule is C[C@@H](NC(=O)C[NH+]1CCN(S(=O)(=O)c2cccc(Cl)c2)CC1)c1ccco1. The number of carbonyl (C=O) groups excluding carboxylic acids is 1. The average Bonchev–Trinajstić information content (AvgIpc) is 3.17. The lowest BCUT2D eigenvalue weighted by Gasteiger charge is -2.31. The molecule has 0 aliphatic carbocycles. The van der Waals surface area contributed by atoms with Crippen LogP contribution in [0.4, 0.5) is 0 Å². The van der Waals surface area contributed by atoms with Gasteiger partial charge in [-0.15, -0.1) is 0 Å². The van der Waals surface area contributed by atoms with E-state index in [9.17, 15) is 13.2 Å². The van der Waals surface area contributed by atoms with Gasteiger partial charge < -0.3 is 14.6 Å². The van der Waals surface area contributed by atoms with Crippen LogP contribution in [0.2, 0.25) is 5.02 Å².